The Balaban J connectivity index is 2.00. The summed E-state index contributed by atoms with van der Waals surface area (Å²) in [7, 11) is -3.23. The number of hydrogen-bond acceptors (Lipinski definition) is 4. The Morgan fingerprint density at radius 2 is 1.75 bits per heavy atom. The van der Waals surface area contributed by atoms with Gasteiger partial charge in [0.1, 0.15) is 0 Å². The molecule has 1 amide bonds. The highest BCUT2D eigenvalue weighted by atomic mass is 32.2. The summed E-state index contributed by atoms with van der Waals surface area (Å²) in [5.74, 6) is 0.0579. The monoisotopic (exact) mass is 297 g/mol. The van der Waals surface area contributed by atoms with Crippen molar-refractivity contribution in [3.8, 4) is 0 Å². The quantitative estimate of drug-likeness (QED) is 0.813. The van der Waals surface area contributed by atoms with Gasteiger partial charge in [0, 0.05) is 37.6 Å². The number of carbonyl (C=O) groups excluding carboxylic acids is 1. The first-order valence-electron chi connectivity index (χ1n) is 6.59. The fourth-order valence-electron chi connectivity index (χ4n) is 2.08. The van der Waals surface area contributed by atoms with Gasteiger partial charge >= 0.3 is 0 Å². The number of sulfonamides is 1. The Morgan fingerprint density at radius 3 is 2.25 bits per heavy atom. The van der Waals surface area contributed by atoms with Gasteiger partial charge in [-0.2, -0.15) is 0 Å². The Morgan fingerprint density at radius 1 is 1.15 bits per heavy atom. The molecule has 6 nitrogen and oxygen atoms in total. The molecule has 2 rings (SSSR count). The number of anilines is 2. The lowest BCUT2D eigenvalue weighted by atomic mass is 10.2. The zero-order valence-corrected chi connectivity index (χ0v) is 12.3. The normalized spacial score (nSPS) is 16.1. The Kier molecular flexibility index (Phi) is 4.49. The molecular formula is C13H19N3O3S. The van der Waals surface area contributed by atoms with E-state index in [1.807, 2.05) is 12.1 Å². The minimum Gasteiger partial charge on any atom is -0.368 e. The summed E-state index contributed by atoms with van der Waals surface area (Å²) < 4.78 is 25.4. The Hall–Kier alpha value is -1.76. The van der Waals surface area contributed by atoms with Crippen molar-refractivity contribution in [2.45, 2.75) is 6.92 Å². The summed E-state index contributed by atoms with van der Waals surface area (Å²) in [5, 5.41) is 0. The van der Waals surface area contributed by atoms with Gasteiger partial charge in [-0.15, -0.1) is 0 Å². The van der Waals surface area contributed by atoms with Gasteiger partial charge in [-0.3, -0.25) is 9.52 Å². The zero-order valence-electron chi connectivity index (χ0n) is 11.4. The second-order valence-electron chi connectivity index (χ2n) is 4.68. The highest BCUT2D eigenvalue weighted by Crippen LogP contribution is 2.19. The van der Waals surface area contributed by atoms with Crippen LogP contribution in [-0.2, 0) is 14.8 Å². The van der Waals surface area contributed by atoms with Crippen LogP contribution in [0.5, 0.6) is 0 Å². The maximum Gasteiger partial charge on any atom is 0.232 e. The minimum atomic E-state index is -3.23. The van der Waals surface area contributed by atoms with Crippen molar-refractivity contribution in [3.05, 3.63) is 24.3 Å². The Labute approximate surface area is 119 Å². The molecule has 0 aromatic heterocycles. The third-order valence-corrected chi connectivity index (χ3v) is 4.66. The van der Waals surface area contributed by atoms with Gasteiger partial charge in [0.05, 0.1) is 5.75 Å². The van der Waals surface area contributed by atoms with Crippen LogP contribution in [-0.4, -0.2) is 51.7 Å². The van der Waals surface area contributed by atoms with Gasteiger partial charge < -0.3 is 9.80 Å². The molecule has 1 aliphatic heterocycles. The van der Waals surface area contributed by atoms with Crippen molar-refractivity contribution in [2.75, 3.05) is 41.6 Å². The minimum absolute atomic E-state index is 0.0579. The van der Waals surface area contributed by atoms with Gasteiger partial charge in [-0.1, -0.05) is 0 Å². The van der Waals surface area contributed by atoms with E-state index in [-0.39, 0.29) is 5.75 Å². The van der Waals surface area contributed by atoms with E-state index in [4.69, 9.17) is 0 Å². The first-order chi connectivity index (χ1) is 9.54. The fraction of sp³-hybridized carbons (Fsp3) is 0.462. The number of piperazine rings is 1. The van der Waals surface area contributed by atoms with Crippen molar-refractivity contribution in [2.24, 2.45) is 0 Å². The van der Waals surface area contributed by atoms with Crippen molar-refractivity contribution in [1.29, 1.82) is 0 Å². The van der Waals surface area contributed by atoms with E-state index in [1.165, 1.54) is 0 Å². The number of carbonyl (C=O) groups is 1. The van der Waals surface area contributed by atoms with E-state index in [1.54, 1.807) is 24.0 Å². The van der Waals surface area contributed by atoms with E-state index in [2.05, 4.69) is 9.62 Å². The lowest BCUT2D eigenvalue weighted by Gasteiger charge is -2.34. The van der Waals surface area contributed by atoms with Crippen molar-refractivity contribution < 1.29 is 13.2 Å². The number of benzene rings is 1. The lowest BCUT2D eigenvalue weighted by Crippen LogP contribution is -2.45. The van der Waals surface area contributed by atoms with E-state index >= 15 is 0 Å². The molecule has 0 saturated carbocycles. The summed E-state index contributed by atoms with van der Waals surface area (Å²) in [5.41, 5.74) is 1.61. The molecule has 0 spiro atoms. The molecule has 1 N–H and O–H groups in total. The SMILES string of the molecule is CCS(=O)(=O)Nc1ccc(N2CCN(C=O)CC2)cc1. The highest BCUT2D eigenvalue weighted by molar-refractivity contribution is 7.92. The second-order valence-corrected chi connectivity index (χ2v) is 6.69. The van der Waals surface area contributed by atoms with Crippen LogP contribution in [0, 0.1) is 0 Å². The molecule has 20 heavy (non-hydrogen) atoms. The summed E-state index contributed by atoms with van der Waals surface area (Å²) in [6.45, 7) is 4.61. The van der Waals surface area contributed by atoms with Crippen LogP contribution in [0.2, 0.25) is 0 Å². The largest absolute Gasteiger partial charge is 0.368 e. The van der Waals surface area contributed by atoms with Gasteiger partial charge in [0.15, 0.2) is 0 Å². The third-order valence-electron chi connectivity index (χ3n) is 3.35. The molecule has 0 radical (unpaired) electrons. The maximum absolute atomic E-state index is 11.5. The smallest absolute Gasteiger partial charge is 0.232 e. The molecule has 1 fully saturated rings. The molecule has 1 aromatic rings. The topological polar surface area (TPSA) is 69.7 Å². The number of nitrogens with zero attached hydrogens (tertiary/aromatic N) is 2. The van der Waals surface area contributed by atoms with Gasteiger partial charge in [0.25, 0.3) is 0 Å². The standard InChI is InChI=1S/C13H19N3O3S/c1-2-20(18,19)14-12-3-5-13(6-4-12)16-9-7-15(11-17)8-10-16/h3-6,11,14H,2,7-10H2,1H3. The average molecular weight is 297 g/mol. The average Bonchev–Trinajstić information content (AvgIpc) is 2.48. The van der Waals surface area contributed by atoms with Crippen molar-refractivity contribution >= 4 is 27.8 Å². The summed E-state index contributed by atoms with van der Waals surface area (Å²) in [4.78, 5) is 14.6. The molecule has 110 valence electrons. The van der Waals surface area contributed by atoms with Crippen molar-refractivity contribution in [1.82, 2.24) is 4.90 Å². The van der Waals surface area contributed by atoms with Crippen LogP contribution in [0.25, 0.3) is 0 Å². The molecular weight excluding hydrogens is 278 g/mol. The van der Waals surface area contributed by atoms with Gasteiger partial charge in [0.2, 0.25) is 16.4 Å². The molecule has 1 saturated heterocycles. The number of rotatable bonds is 5. The molecule has 7 heteroatoms. The third kappa shape index (κ3) is 3.63. The van der Waals surface area contributed by atoms with Gasteiger partial charge in [-0.25, -0.2) is 8.42 Å². The van der Waals surface area contributed by atoms with Crippen LogP contribution in [0.4, 0.5) is 11.4 Å². The molecule has 0 bridgehead atoms. The zero-order chi connectivity index (χ0) is 14.6. The Bertz CT molecular complexity index is 549. The summed E-state index contributed by atoms with van der Waals surface area (Å²) >= 11 is 0. The number of amides is 1. The van der Waals surface area contributed by atoms with E-state index in [0.717, 1.165) is 25.2 Å². The van der Waals surface area contributed by atoms with Crippen LogP contribution in [0.1, 0.15) is 6.92 Å². The maximum atomic E-state index is 11.5. The summed E-state index contributed by atoms with van der Waals surface area (Å²) in [6.07, 6.45) is 0.875. The second kappa shape index (κ2) is 6.13. The van der Waals surface area contributed by atoms with Crippen LogP contribution in [0.15, 0.2) is 24.3 Å². The first kappa shape index (κ1) is 14.6. The summed E-state index contributed by atoms with van der Waals surface area (Å²) in [6, 6.07) is 7.30. The van der Waals surface area contributed by atoms with Crippen LogP contribution < -0.4 is 9.62 Å². The predicted octanol–water partition coefficient (Wildman–Crippen LogP) is 0.727. The van der Waals surface area contributed by atoms with Crippen LogP contribution >= 0.6 is 0 Å². The molecule has 1 heterocycles. The molecule has 1 aromatic carbocycles. The van der Waals surface area contributed by atoms with E-state index in [0.29, 0.717) is 18.8 Å². The molecule has 1 aliphatic rings. The molecule has 0 aliphatic carbocycles. The molecule has 0 unspecified atom stereocenters. The van der Waals surface area contributed by atoms with Crippen molar-refractivity contribution in [3.63, 3.8) is 0 Å². The molecule has 0 atom stereocenters. The predicted molar refractivity (Wildman–Crippen MR) is 79.4 cm³/mol. The highest BCUT2D eigenvalue weighted by Gasteiger charge is 2.15. The fourth-order valence-corrected chi connectivity index (χ4v) is 2.72. The van der Waals surface area contributed by atoms with E-state index in [9.17, 15) is 13.2 Å². The van der Waals surface area contributed by atoms with Crippen LogP contribution in [0.3, 0.4) is 0 Å². The van der Waals surface area contributed by atoms with Gasteiger partial charge in [-0.05, 0) is 31.2 Å². The first-order valence-corrected chi connectivity index (χ1v) is 8.24. The number of nitrogens with one attached hydrogen (secondary N) is 1. The number of hydrogen-bond donors (Lipinski definition) is 1. The lowest BCUT2D eigenvalue weighted by molar-refractivity contribution is -0.118. The van der Waals surface area contributed by atoms with E-state index < -0.39 is 10.0 Å².